The number of allylic oxidation sites excluding steroid dienone is 3. The summed E-state index contributed by atoms with van der Waals surface area (Å²) in [5.74, 6) is 0. The van der Waals surface area contributed by atoms with Crippen molar-refractivity contribution in [2.45, 2.75) is 30.6 Å². The van der Waals surface area contributed by atoms with Crippen molar-refractivity contribution in [1.82, 2.24) is 0 Å². The number of benzene rings is 1. The maximum atomic E-state index is 11.1. The Morgan fingerprint density at radius 1 is 1.17 bits per heavy atom. The molecule has 0 bridgehead atoms. The molecule has 0 saturated carbocycles. The zero-order chi connectivity index (χ0) is 17.3. The van der Waals surface area contributed by atoms with Gasteiger partial charge in [-0.05, 0) is 23.6 Å². The second kappa shape index (κ2) is 6.24. The Bertz CT molecular complexity index is 782. The van der Waals surface area contributed by atoms with Gasteiger partial charge in [0.05, 0.1) is 4.92 Å². The summed E-state index contributed by atoms with van der Waals surface area (Å²) >= 11 is 1.69. The number of rotatable bonds is 4. The Hall–Kier alpha value is -2.41. The third-order valence-electron chi connectivity index (χ3n) is 4.32. The molecule has 24 heavy (non-hydrogen) atoms. The van der Waals surface area contributed by atoms with Gasteiger partial charge in [0.2, 0.25) is 5.54 Å². The molecule has 2 aliphatic rings. The molecule has 124 valence electrons. The number of nitro benzene ring substituents is 1. The molecular weight excluding hydrogens is 328 g/mol. The molecule has 6 nitrogen and oxygen atoms in total. The van der Waals surface area contributed by atoms with E-state index < -0.39 is 10.5 Å². The van der Waals surface area contributed by atoms with E-state index in [0.29, 0.717) is 6.42 Å². The molecule has 0 N–H and O–H groups in total. The summed E-state index contributed by atoms with van der Waals surface area (Å²) in [5, 5.41) is 22.0. The lowest BCUT2D eigenvalue weighted by Gasteiger charge is -2.20. The van der Waals surface area contributed by atoms with Gasteiger partial charge in [0.15, 0.2) is 0 Å². The Morgan fingerprint density at radius 3 is 2.42 bits per heavy atom. The van der Waals surface area contributed by atoms with E-state index in [9.17, 15) is 20.2 Å². The summed E-state index contributed by atoms with van der Waals surface area (Å²) in [7, 11) is 0. The summed E-state index contributed by atoms with van der Waals surface area (Å²) in [6, 6.07) is 6.63. The molecule has 1 aliphatic carbocycles. The van der Waals surface area contributed by atoms with Gasteiger partial charge in [0.25, 0.3) is 5.69 Å². The molecule has 0 amide bonds. The molecule has 0 saturated heterocycles. The molecule has 0 spiro atoms. The van der Waals surface area contributed by atoms with E-state index >= 15 is 0 Å². The van der Waals surface area contributed by atoms with E-state index in [0.717, 1.165) is 22.5 Å². The molecule has 0 aromatic heterocycles. The Morgan fingerprint density at radius 2 is 1.88 bits per heavy atom. The highest BCUT2D eigenvalue weighted by Crippen LogP contribution is 2.47. The molecule has 1 aromatic rings. The zero-order valence-corrected chi connectivity index (χ0v) is 13.9. The molecular formula is C17H16N2O4S. The standard InChI is InChI=1S/C17H16N2O4S/c1-17(19(22)23)10-8-13(9-11-17)16-7-6-15(24-16)12-2-4-14(5-3-12)18(20)21/h2-5,7-10,15H,6,11H2,1H3. The average Bonchev–Trinajstić information content (AvgIpc) is 3.05. The third-order valence-corrected chi connectivity index (χ3v) is 5.73. The maximum Gasteiger partial charge on any atom is 0.269 e. The van der Waals surface area contributed by atoms with Crippen molar-refractivity contribution in [3.05, 3.63) is 84.8 Å². The number of nitro groups is 2. The van der Waals surface area contributed by atoms with Crippen molar-refractivity contribution in [3.8, 4) is 0 Å². The Labute approximate surface area is 143 Å². The second-order valence-corrected chi connectivity index (χ2v) is 7.31. The highest BCUT2D eigenvalue weighted by molar-refractivity contribution is 8.03. The van der Waals surface area contributed by atoms with Crippen LogP contribution in [0.5, 0.6) is 0 Å². The minimum absolute atomic E-state index is 0.0897. The largest absolute Gasteiger partial charge is 0.269 e. The lowest BCUT2D eigenvalue weighted by Crippen LogP contribution is -2.33. The topological polar surface area (TPSA) is 86.3 Å². The van der Waals surface area contributed by atoms with Gasteiger partial charge in [-0.2, -0.15) is 0 Å². The van der Waals surface area contributed by atoms with Gasteiger partial charge in [-0.1, -0.05) is 30.4 Å². The Kier molecular flexibility index (Phi) is 4.28. The van der Waals surface area contributed by atoms with Crippen LogP contribution in [0, 0.1) is 20.2 Å². The number of hydrogen-bond donors (Lipinski definition) is 0. The van der Waals surface area contributed by atoms with Crippen molar-refractivity contribution in [2.75, 3.05) is 0 Å². The van der Waals surface area contributed by atoms with Crippen LogP contribution in [0.3, 0.4) is 0 Å². The predicted octanol–water partition coefficient (Wildman–Crippen LogP) is 4.58. The van der Waals surface area contributed by atoms with Crippen molar-refractivity contribution in [1.29, 1.82) is 0 Å². The van der Waals surface area contributed by atoms with Crippen LogP contribution >= 0.6 is 11.8 Å². The molecule has 2 atom stereocenters. The van der Waals surface area contributed by atoms with Gasteiger partial charge < -0.3 is 0 Å². The maximum absolute atomic E-state index is 11.1. The molecule has 2 unspecified atom stereocenters. The van der Waals surface area contributed by atoms with Crippen LogP contribution in [0.1, 0.15) is 30.6 Å². The van der Waals surface area contributed by atoms with Crippen molar-refractivity contribution in [3.63, 3.8) is 0 Å². The molecule has 0 radical (unpaired) electrons. The Balaban J connectivity index is 1.68. The van der Waals surface area contributed by atoms with E-state index in [1.165, 1.54) is 12.1 Å². The molecule has 1 aliphatic heterocycles. The summed E-state index contributed by atoms with van der Waals surface area (Å²) in [6.07, 6.45) is 8.75. The second-order valence-electron chi connectivity index (χ2n) is 6.07. The van der Waals surface area contributed by atoms with Crippen LogP contribution in [0.2, 0.25) is 0 Å². The van der Waals surface area contributed by atoms with Crippen LogP contribution in [0.25, 0.3) is 0 Å². The fraction of sp³-hybridized carbons (Fsp3) is 0.294. The minimum Gasteiger partial charge on any atom is -0.264 e. The third kappa shape index (κ3) is 3.12. The fourth-order valence-electron chi connectivity index (χ4n) is 2.70. The number of hydrogen-bond acceptors (Lipinski definition) is 5. The highest BCUT2D eigenvalue weighted by atomic mass is 32.2. The van der Waals surface area contributed by atoms with Crippen LogP contribution in [0.15, 0.2) is 59.0 Å². The van der Waals surface area contributed by atoms with Gasteiger partial charge in [0.1, 0.15) is 0 Å². The first kappa shape index (κ1) is 16.4. The number of thioether (sulfide) groups is 1. The van der Waals surface area contributed by atoms with Crippen LogP contribution in [0.4, 0.5) is 5.69 Å². The predicted molar refractivity (Wildman–Crippen MR) is 93.4 cm³/mol. The highest BCUT2D eigenvalue weighted by Gasteiger charge is 2.35. The lowest BCUT2D eigenvalue weighted by atomic mass is 9.91. The van der Waals surface area contributed by atoms with Crippen molar-refractivity contribution < 1.29 is 9.85 Å². The molecule has 1 heterocycles. The molecule has 3 rings (SSSR count). The summed E-state index contributed by atoms with van der Waals surface area (Å²) in [4.78, 5) is 22.2. The van der Waals surface area contributed by atoms with E-state index in [1.54, 1.807) is 36.9 Å². The van der Waals surface area contributed by atoms with E-state index in [2.05, 4.69) is 6.08 Å². The van der Waals surface area contributed by atoms with Crippen LogP contribution in [-0.4, -0.2) is 15.4 Å². The molecule has 1 aromatic carbocycles. The minimum atomic E-state index is -1.02. The average molecular weight is 344 g/mol. The van der Waals surface area contributed by atoms with Crippen LogP contribution in [-0.2, 0) is 0 Å². The van der Waals surface area contributed by atoms with Gasteiger partial charge in [-0.25, -0.2) is 0 Å². The number of nitrogens with zero attached hydrogens (tertiary/aromatic N) is 2. The normalized spacial score (nSPS) is 26.0. The zero-order valence-electron chi connectivity index (χ0n) is 13.0. The fourth-order valence-corrected chi connectivity index (χ4v) is 3.98. The first-order valence-corrected chi connectivity index (χ1v) is 8.42. The number of non-ortho nitro benzene ring substituents is 1. The van der Waals surface area contributed by atoms with E-state index in [1.807, 2.05) is 12.2 Å². The monoisotopic (exact) mass is 344 g/mol. The van der Waals surface area contributed by atoms with Gasteiger partial charge >= 0.3 is 0 Å². The first-order chi connectivity index (χ1) is 11.4. The smallest absolute Gasteiger partial charge is 0.264 e. The summed E-state index contributed by atoms with van der Waals surface area (Å²) in [5.41, 5.74) is 1.13. The van der Waals surface area contributed by atoms with Crippen molar-refractivity contribution in [2.24, 2.45) is 0 Å². The van der Waals surface area contributed by atoms with Gasteiger partial charge in [-0.15, -0.1) is 11.8 Å². The quantitative estimate of drug-likeness (QED) is 0.589. The lowest BCUT2D eigenvalue weighted by molar-refractivity contribution is -0.549. The van der Waals surface area contributed by atoms with E-state index in [-0.39, 0.29) is 15.9 Å². The van der Waals surface area contributed by atoms with Crippen molar-refractivity contribution >= 4 is 17.4 Å². The van der Waals surface area contributed by atoms with Crippen LogP contribution < -0.4 is 0 Å². The molecule has 0 fully saturated rings. The van der Waals surface area contributed by atoms with E-state index in [4.69, 9.17) is 0 Å². The summed E-state index contributed by atoms with van der Waals surface area (Å²) < 4.78 is 0. The van der Waals surface area contributed by atoms with Gasteiger partial charge in [-0.3, -0.25) is 20.2 Å². The SMILES string of the molecule is CC1([N+](=O)[O-])C=CC(C2=CCC(c3ccc([N+](=O)[O-])cc3)S2)=CC1. The molecule has 7 heteroatoms. The summed E-state index contributed by atoms with van der Waals surface area (Å²) in [6.45, 7) is 1.62. The van der Waals surface area contributed by atoms with Gasteiger partial charge in [0, 0.05) is 40.6 Å². The first-order valence-electron chi connectivity index (χ1n) is 7.54.